The second-order valence-corrected chi connectivity index (χ2v) is 14.2. The molecule has 3 aromatic rings. The van der Waals surface area contributed by atoms with Gasteiger partial charge in [0, 0.05) is 31.2 Å². The summed E-state index contributed by atoms with van der Waals surface area (Å²) >= 11 is 0. The Morgan fingerprint density at radius 3 is 2.45 bits per heavy atom. The summed E-state index contributed by atoms with van der Waals surface area (Å²) in [4.78, 5) is 39.2. The molecule has 47 heavy (non-hydrogen) atoms. The Bertz CT molecular complexity index is 1590. The van der Waals surface area contributed by atoms with E-state index in [-0.39, 0.29) is 23.5 Å². The lowest BCUT2D eigenvalue weighted by atomic mass is 9.73. The second kappa shape index (κ2) is 13.4. The molecule has 4 heterocycles. The molecule has 1 aliphatic carbocycles. The number of ether oxygens (including phenoxy) is 1. The van der Waals surface area contributed by atoms with Gasteiger partial charge in [0.2, 0.25) is 0 Å². The second-order valence-electron chi connectivity index (χ2n) is 14.2. The number of nitrogens with one attached hydrogen (secondary N) is 1. The van der Waals surface area contributed by atoms with E-state index in [2.05, 4.69) is 63.5 Å². The van der Waals surface area contributed by atoms with Crippen molar-refractivity contribution in [2.45, 2.75) is 94.8 Å². The van der Waals surface area contributed by atoms with Crippen molar-refractivity contribution in [3.63, 3.8) is 0 Å². The van der Waals surface area contributed by atoms with Gasteiger partial charge in [0.15, 0.2) is 0 Å². The summed E-state index contributed by atoms with van der Waals surface area (Å²) in [6.45, 7) is 8.02. The van der Waals surface area contributed by atoms with Crippen molar-refractivity contribution in [3.8, 4) is 0 Å². The van der Waals surface area contributed by atoms with Crippen LogP contribution in [-0.4, -0.2) is 81.6 Å². The van der Waals surface area contributed by atoms with Gasteiger partial charge in [-0.25, -0.2) is 9.97 Å². The Labute approximate surface area is 277 Å². The summed E-state index contributed by atoms with van der Waals surface area (Å²) in [5.74, 6) is -0.439. The lowest BCUT2D eigenvalue weighted by Gasteiger charge is -2.45. The van der Waals surface area contributed by atoms with E-state index in [0.717, 1.165) is 69.2 Å². The highest BCUT2D eigenvalue weighted by molar-refractivity contribution is 5.94. The van der Waals surface area contributed by atoms with E-state index in [4.69, 9.17) is 4.74 Å². The van der Waals surface area contributed by atoms with Gasteiger partial charge in [-0.15, -0.1) is 0 Å². The van der Waals surface area contributed by atoms with Crippen LogP contribution in [0.25, 0.3) is 0 Å². The van der Waals surface area contributed by atoms with Gasteiger partial charge in [-0.3, -0.25) is 9.59 Å². The van der Waals surface area contributed by atoms with Crippen LogP contribution in [0.2, 0.25) is 0 Å². The van der Waals surface area contributed by atoms with Gasteiger partial charge >= 0.3 is 5.97 Å². The molecule has 248 valence electrons. The molecule has 2 aromatic carbocycles. The van der Waals surface area contributed by atoms with Gasteiger partial charge in [-0.2, -0.15) is 0 Å². The van der Waals surface area contributed by atoms with E-state index in [1.165, 1.54) is 23.0 Å². The van der Waals surface area contributed by atoms with Crippen LogP contribution >= 0.6 is 0 Å². The molecule has 1 spiro atoms. The number of piperidine rings is 2. The number of aliphatic carboxylic acids is 1. The fraction of sp³-hybridized carbons (Fsp3) is 0.526. The summed E-state index contributed by atoms with van der Waals surface area (Å²) in [6.07, 6.45) is 9.37. The van der Waals surface area contributed by atoms with E-state index in [0.29, 0.717) is 43.6 Å². The first-order valence-electron chi connectivity index (χ1n) is 17.4. The highest BCUT2D eigenvalue weighted by atomic mass is 16.5. The predicted molar refractivity (Wildman–Crippen MR) is 181 cm³/mol. The third-order valence-electron chi connectivity index (χ3n) is 11.4. The number of carboxylic acids is 1. The number of fused-ring (bicyclic) bond motifs is 2. The lowest BCUT2D eigenvalue weighted by molar-refractivity contribution is -0.139. The number of anilines is 1. The molecule has 7 rings (SSSR count). The van der Waals surface area contributed by atoms with Crippen LogP contribution in [0.1, 0.15) is 102 Å². The van der Waals surface area contributed by atoms with Gasteiger partial charge in [0.05, 0.1) is 18.1 Å². The molecule has 2 unspecified atom stereocenters. The van der Waals surface area contributed by atoms with Crippen LogP contribution < -0.4 is 5.32 Å². The molecule has 0 radical (unpaired) electrons. The van der Waals surface area contributed by atoms with Crippen LogP contribution in [0, 0.1) is 13.8 Å². The average molecular weight is 638 g/mol. The molecular formula is C38H47N5O4. The summed E-state index contributed by atoms with van der Waals surface area (Å²) < 4.78 is 6.46. The fourth-order valence-corrected chi connectivity index (χ4v) is 8.62. The summed E-state index contributed by atoms with van der Waals surface area (Å²) in [5, 5.41) is 13.3. The molecule has 2 N–H and O–H groups in total. The maximum absolute atomic E-state index is 13.7. The molecule has 3 saturated heterocycles. The van der Waals surface area contributed by atoms with Crippen molar-refractivity contribution in [1.82, 2.24) is 19.8 Å². The van der Waals surface area contributed by atoms with Crippen molar-refractivity contribution < 1.29 is 19.4 Å². The minimum absolute atomic E-state index is 0.0281. The van der Waals surface area contributed by atoms with Gasteiger partial charge in [-0.05, 0) is 100 Å². The molecule has 9 heteroatoms. The van der Waals surface area contributed by atoms with E-state index < -0.39 is 11.9 Å². The number of carboxylic acid groups (broad SMARTS) is 1. The number of aryl methyl sites for hydroxylation is 1. The first-order chi connectivity index (χ1) is 22.8. The minimum atomic E-state index is -0.708. The molecule has 1 aromatic heterocycles. The molecule has 0 saturated carbocycles. The van der Waals surface area contributed by atoms with Gasteiger partial charge in [0.1, 0.15) is 17.8 Å². The Morgan fingerprint density at radius 2 is 1.70 bits per heavy atom. The first-order valence-corrected chi connectivity index (χ1v) is 17.4. The summed E-state index contributed by atoms with van der Waals surface area (Å²) in [7, 11) is 0. The minimum Gasteiger partial charge on any atom is -0.481 e. The third-order valence-corrected chi connectivity index (χ3v) is 11.4. The summed E-state index contributed by atoms with van der Waals surface area (Å²) in [6, 6.07) is 17.2. The quantitative estimate of drug-likeness (QED) is 0.324. The normalized spacial score (nSPS) is 24.6. The molecule has 4 aliphatic rings. The molecule has 1 amide bonds. The molecule has 3 atom stereocenters. The van der Waals surface area contributed by atoms with Crippen molar-refractivity contribution >= 4 is 17.7 Å². The monoisotopic (exact) mass is 637 g/mol. The number of rotatable bonds is 7. The van der Waals surface area contributed by atoms with Gasteiger partial charge in [0.25, 0.3) is 5.91 Å². The van der Waals surface area contributed by atoms with E-state index in [1.54, 1.807) is 0 Å². The van der Waals surface area contributed by atoms with Crippen molar-refractivity contribution in [2.24, 2.45) is 0 Å². The number of hydrogen-bond donors (Lipinski definition) is 2. The average Bonchev–Trinajstić information content (AvgIpc) is 3.42. The Kier molecular flexibility index (Phi) is 9.03. The van der Waals surface area contributed by atoms with Crippen LogP contribution in [0.4, 0.5) is 5.82 Å². The number of aromatic nitrogens is 2. The van der Waals surface area contributed by atoms with Crippen molar-refractivity contribution in [3.05, 3.63) is 88.4 Å². The SMILES string of the molecule is Cc1ccc(C2CCC[C@@H](CNc3ncnc(C(=O)N4CCC(N5CCC6(CC5)CC(C(=O)O)c5ccccc56)CC4)c3C)O2)cc1. The molecule has 9 nitrogen and oxygen atoms in total. The first kappa shape index (κ1) is 31.8. The lowest BCUT2D eigenvalue weighted by Crippen LogP contribution is -2.51. The molecule has 3 fully saturated rings. The highest BCUT2D eigenvalue weighted by Crippen LogP contribution is 2.52. The largest absolute Gasteiger partial charge is 0.481 e. The van der Waals surface area contributed by atoms with Gasteiger partial charge in [-0.1, -0.05) is 54.1 Å². The van der Waals surface area contributed by atoms with Crippen molar-refractivity contribution in [2.75, 3.05) is 38.0 Å². The number of hydrogen-bond acceptors (Lipinski definition) is 7. The zero-order valence-corrected chi connectivity index (χ0v) is 27.7. The van der Waals surface area contributed by atoms with E-state index >= 15 is 0 Å². The highest BCUT2D eigenvalue weighted by Gasteiger charge is 2.48. The Morgan fingerprint density at radius 1 is 0.957 bits per heavy atom. The third kappa shape index (κ3) is 6.40. The summed E-state index contributed by atoms with van der Waals surface area (Å²) in [5.41, 5.74) is 5.95. The van der Waals surface area contributed by atoms with Crippen LogP contribution in [0.15, 0.2) is 54.9 Å². The zero-order valence-electron chi connectivity index (χ0n) is 27.7. The number of likely N-dealkylation sites (tertiary alicyclic amines) is 2. The Hall–Kier alpha value is -3.82. The molecular weight excluding hydrogens is 590 g/mol. The van der Waals surface area contributed by atoms with Crippen molar-refractivity contribution in [1.29, 1.82) is 0 Å². The Balaban J connectivity index is 0.917. The number of amides is 1. The molecule has 3 aliphatic heterocycles. The number of carbonyl (C=O) groups is 2. The molecule has 0 bridgehead atoms. The standard InChI is InChI=1S/C38H47N5O4/c1-25-10-12-27(13-11-25)33-9-5-6-29(47-33)23-39-35-26(2)34(40-24-41-35)36(44)43-18-14-28(15-19-43)42-20-16-38(17-21-42)22-31(37(45)46)30-7-3-4-8-32(30)38/h3-4,7-8,10-13,24,28-29,31,33H,5-6,9,14-23H2,1-2H3,(H,45,46)(H,39,40,41)/t29-,31?,33?/m0/s1. The van der Waals surface area contributed by atoms with Crippen LogP contribution in [0.3, 0.4) is 0 Å². The maximum atomic E-state index is 13.7. The number of benzene rings is 2. The fourth-order valence-electron chi connectivity index (χ4n) is 8.62. The van der Waals surface area contributed by atoms with E-state index in [1.807, 2.05) is 24.0 Å². The topological polar surface area (TPSA) is 108 Å². The van der Waals surface area contributed by atoms with Crippen LogP contribution in [-0.2, 0) is 14.9 Å². The van der Waals surface area contributed by atoms with E-state index in [9.17, 15) is 14.7 Å². The predicted octanol–water partition coefficient (Wildman–Crippen LogP) is 6.03. The number of carbonyl (C=O) groups excluding carboxylic acids is 1. The zero-order chi connectivity index (χ0) is 32.5. The number of nitrogens with zero attached hydrogens (tertiary/aromatic N) is 4. The maximum Gasteiger partial charge on any atom is 0.311 e. The smallest absolute Gasteiger partial charge is 0.311 e. The van der Waals surface area contributed by atoms with Gasteiger partial charge < -0.3 is 25.0 Å². The van der Waals surface area contributed by atoms with Crippen LogP contribution in [0.5, 0.6) is 0 Å².